The molecular formula is C20H22FN7O2. The van der Waals surface area contributed by atoms with Crippen molar-refractivity contribution in [1.29, 1.82) is 0 Å². The Labute approximate surface area is 172 Å². The summed E-state index contributed by atoms with van der Waals surface area (Å²) in [7, 11) is 1.81. The average Bonchev–Trinajstić information content (AvgIpc) is 3.28. The highest BCUT2D eigenvalue weighted by molar-refractivity contribution is 5.72. The molecule has 3 aromatic rings. The highest BCUT2D eigenvalue weighted by Crippen LogP contribution is 2.38. The van der Waals surface area contributed by atoms with Crippen LogP contribution in [0.5, 0.6) is 5.75 Å². The second kappa shape index (κ2) is 7.29. The van der Waals surface area contributed by atoms with E-state index in [-0.39, 0.29) is 17.8 Å². The van der Waals surface area contributed by atoms with Crippen molar-refractivity contribution in [2.45, 2.75) is 37.3 Å². The van der Waals surface area contributed by atoms with Gasteiger partial charge in [-0.3, -0.25) is 10.4 Å². The van der Waals surface area contributed by atoms with E-state index in [4.69, 9.17) is 0 Å². The molecule has 156 valence electrons. The van der Waals surface area contributed by atoms with Crippen LogP contribution in [0.15, 0.2) is 36.8 Å². The second-order valence-corrected chi connectivity index (χ2v) is 7.91. The molecule has 2 aliphatic heterocycles. The number of piperidine rings is 2. The number of H-pyrrole nitrogens is 1. The number of anilines is 1. The van der Waals surface area contributed by atoms with E-state index in [1.807, 2.05) is 18.0 Å². The maximum absolute atomic E-state index is 14.4. The predicted octanol–water partition coefficient (Wildman–Crippen LogP) is 1.48. The molecule has 1 saturated carbocycles. The smallest absolute Gasteiger partial charge is 0.185 e. The van der Waals surface area contributed by atoms with Crippen molar-refractivity contribution in [2.24, 2.45) is 5.92 Å². The molecule has 0 radical (unpaired) electrons. The first-order chi connectivity index (χ1) is 14.5. The van der Waals surface area contributed by atoms with Crippen molar-refractivity contribution in [1.82, 2.24) is 30.7 Å². The Kier molecular flexibility index (Phi) is 4.59. The van der Waals surface area contributed by atoms with Crippen molar-refractivity contribution in [3.63, 3.8) is 0 Å². The van der Waals surface area contributed by atoms with Crippen LogP contribution in [0.25, 0.3) is 22.5 Å². The first kappa shape index (κ1) is 18.9. The second-order valence-electron chi connectivity index (χ2n) is 7.91. The minimum atomic E-state index is -1.06. The predicted molar refractivity (Wildman–Crippen MR) is 107 cm³/mol. The molecule has 1 aromatic carbocycles. The fourth-order valence-corrected chi connectivity index (χ4v) is 4.56. The number of aromatic hydroxyl groups is 1. The number of fused-ring (bicyclic) bond motifs is 3. The number of aliphatic hydroxyl groups excluding tert-OH is 1. The lowest BCUT2D eigenvalue weighted by Gasteiger charge is -2.50. The van der Waals surface area contributed by atoms with Gasteiger partial charge in [0.2, 0.25) is 0 Å². The lowest BCUT2D eigenvalue weighted by Crippen LogP contribution is -2.66. The summed E-state index contributed by atoms with van der Waals surface area (Å²) in [5.41, 5.74) is 2.14. The first-order valence-electron chi connectivity index (χ1n) is 9.84. The SMILES string of the molecule is CN(c1cnc(-c2ccc(-c3cn[nH]c3)cc2O)nn1)[C@H]1CC2C[C@@H](F)C1[C@H](O)N2. The lowest BCUT2D eigenvalue weighted by atomic mass is 9.74. The van der Waals surface area contributed by atoms with Gasteiger partial charge in [-0.1, -0.05) is 6.07 Å². The highest BCUT2D eigenvalue weighted by Gasteiger charge is 2.49. The number of alkyl halides is 1. The minimum Gasteiger partial charge on any atom is -0.507 e. The summed E-state index contributed by atoms with van der Waals surface area (Å²) >= 11 is 0. The number of aliphatic hydroxyl groups is 1. The van der Waals surface area contributed by atoms with Crippen molar-refractivity contribution in [3.05, 3.63) is 36.8 Å². The minimum absolute atomic E-state index is 0.0377. The van der Waals surface area contributed by atoms with E-state index >= 15 is 0 Å². The van der Waals surface area contributed by atoms with Crippen molar-refractivity contribution in [2.75, 3.05) is 11.9 Å². The number of aromatic amines is 1. The summed E-state index contributed by atoms with van der Waals surface area (Å²) in [4.78, 5) is 6.18. The Morgan fingerprint density at radius 3 is 2.67 bits per heavy atom. The molecule has 3 aliphatic rings. The van der Waals surface area contributed by atoms with Crippen LogP contribution < -0.4 is 10.2 Å². The van der Waals surface area contributed by atoms with Crippen LogP contribution in [0, 0.1) is 5.92 Å². The maximum Gasteiger partial charge on any atom is 0.185 e. The molecule has 9 nitrogen and oxygen atoms in total. The summed E-state index contributed by atoms with van der Waals surface area (Å²) in [6.07, 6.45) is 4.18. The summed E-state index contributed by atoms with van der Waals surface area (Å²) < 4.78 is 14.4. The molecule has 2 saturated heterocycles. The molecule has 3 fully saturated rings. The molecule has 2 bridgehead atoms. The van der Waals surface area contributed by atoms with Gasteiger partial charge in [0, 0.05) is 30.9 Å². The number of hydrogen-bond donors (Lipinski definition) is 4. The van der Waals surface area contributed by atoms with Crippen LogP contribution in [0.4, 0.5) is 10.2 Å². The fourth-order valence-electron chi connectivity index (χ4n) is 4.56. The van der Waals surface area contributed by atoms with E-state index < -0.39 is 18.3 Å². The molecule has 5 atom stereocenters. The zero-order valence-electron chi connectivity index (χ0n) is 16.3. The normalized spacial score (nSPS) is 27.9. The summed E-state index contributed by atoms with van der Waals surface area (Å²) in [5, 5.41) is 38.7. The topological polar surface area (TPSA) is 123 Å². The Morgan fingerprint density at radius 1 is 1.17 bits per heavy atom. The van der Waals surface area contributed by atoms with E-state index in [0.717, 1.165) is 17.5 Å². The number of halogens is 1. The number of phenols is 1. The van der Waals surface area contributed by atoms with E-state index in [1.54, 1.807) is 30.7 Å². The van der Waals surface area contributed by atoms with E-state index in [9.17, 15) is 14.6 Å². The molecule has 0 amide bonds. The van der Waals surface area contributed by atoms with Gasteiger partial charge in [0.1, 0.15) is 18.1 Å². The summed E-state index contributed by atoms with van der Waals surface area (Å²) in [6, 6.07) is 4.95. The Balaban J connectivity index is 1.37. The van der Waals surface area contributed by atoms with Crippen LogP contribution in [0.1, 0.15) is 12.8 Å². The molecule has 0 spiro atoms. The molecular weight excluding hydrogens is 389 g/mol. The third-order valence-electron chi connectivity index (χ3n) is 6.15. The monoisotopic (exact) mass is 411 g/mol. The van der Waals surface area contributed by atoms with Gasteiger partial charge in [-0.15, -0.1) is 10.2 Å². The van der Waals surface area contributed by atoms with E-state index in [1.165, 1.54) is 0 Å². The van der Waals surface area contributed by atoms with Gasteiger partial charge in [0.05, 0.1) is 23.9 Å². The number of rotatable bonds is 4. The third-order valence-corrected chi connectivity index (χ3v) is 6.15. The number of hydrogen-bond acceptors (Lipinski definition) is 8. The Bertz CT molecular complexity index is 1020. The zero-order chi connectivity index (χ0) is 20.8. The molecule has 6 rings (SSSR count). The van der Waals surface area contributed by atoms with Crippen LogP contribution >= 0.6 is 0 Å². The largest absolute Gasteiger partial charge is 0.507 e. The van der Waals surface area contributed by atoms with Crippen LogP contribution in [0.3, 0.4) is 0 Å². The standard InChI is InChI=1S/C20H22FN7O2/c1-28(15-6-12-5-14(21)18(15)20(30)25-12)17-9-22-19(27-26-17)13-3-2-10(4-16(13)29)11-7-23-24-8-11/h2-4,7-9,12,14-15,18,20,25,29-30H,5-6H2,1H3,(H,23,24)/t12?,14-,15+,18?,20+/m1/s1. The van der Waals surface area contributed by atoms with E-state index in [2.05, 4.69) is 30.7 Å². The molecule has 1 aliphatic carbocycles. The molecule has 2 aromatic heterocycles. The van der Waals surface area contributed by atoms with Gasteiger partial charge in [0.15, 0.2) is 11.6 Å². The first-order valence-corrected chi connectivity index (χ1v) is 9.84. The Morgan fingerprint density at radius 2 is 2.03 bits per heavy atom. The van der Waals surface area contributed by atoms with Gasteiger partial charge in [-0.05, 0) is 30.5 Å². The highest BCUT2D eigenvalue weighted by atomic mass is 19.1. The van der Waals surface area contributed by atoms with Crippen LogP contribution in [-0.2, 0) is 0 Å². The van der Waals surface area contributed by atoms with Crippen LogP contribution in [-0.4, -0.2) is 67.1 Å². The van der Waals surface area contributed by atoms with Gasteiger partial charge in [-0.25, -0.2) is 9.37 Å². The molecule has 4 heterocycles. The number of phenolic OH excluding ortho intramolecular Hbond substituents is 1. The van der Waals surface area contributed by atoms with Crippen LogP contribution in [0.2, 0.25) is 0 Å². The van der Waals surface area contributed by atoms with Gasteiger partial charge < -0.3 is 15.1 Å². The number of nitrogens with zero attached hydrogens (tertiary/aromatic N) is 5. The molecule has 4 N–H and O–H groups in total. The van der Waals surface area contributed by atoms with Crippen molar-refractivity contribution < 1.29 is 14.6 Å². The van der Waals surface area contributed by atoms with Gasteiger partial charge >= 0.3 is 0 Å². The molecule has 10 heteroatoms. The Hall–Kier alpha value is -3.11. The van der Waals surface area contributed by atoms with Gasteiger partial charge in [0.25, 0.3) is 0 Å². The summed E-state index contributed by atoms with van der Waals surface area (Å²) in [6.45, 7) is 0. The fraction of sp³-hybridized carbons (Fsp3) is 0.400. The molecule has 30 heavy (non-hydrogen) atoms. The number of aromatic nitrogens is 5. The van der Waals surface area contributed by atoms with Gasteiger partial charge in [-0.2, -0.15) is 5.10 Å². The maximum atomic E-state index is 14.4. The van der Waals surface area contributed by atoms with E-state index in [0.29, 0.717) is 23.6 Å². The van der Waals surface area contributed by atoms with Crippen molar-refractivity contribution in [3.8, 4) is 28.3 Å². The third kappa shape index (κ3) is 3.17. The number of nitrogens with one attached hydrogen (secondary N) is 2. The lowest BCUT2D eigenvalue weighted by molar-refractivity contribution is -0.0649. The van der Waals surface area contributed by atoms with Crippen molar-refractivity contribution >= 4 is 5.82 Å². The zero-order valence-corrected chi connectivity index (χ0v) is 16.3. The summed E-state index contributed by atoms with van der Waals surface area (Å²) in [5.74, 6) is 0.292. The average molecular weight is 411 g/mol. The quantitative estimate of drug-likeness (QED) is 0.509. The number of benzene rings is 1. The molecule has 2 unspecified atom stereocenters.